The van der Waals surface area contributed by atoms with E-state index in [4.69, 9.17) is 4.74 Å². The number of rotatable bonds is 6. The number of benzene rings is 1. The highest BCUT2D eigenvalue weighted by Crippen LogP contribution is 2.34. The van der Waals surface area contributed by atoms with Crippen LogP contribution in [0.4, 0.5) is 8.78 Å². The van der Waals surface area contributed by atoms with Gasteiger partial charge in [0.05, 0.1) is 0 Å². The van der Waals surface area contributed by atoms with E-state index in [0.717, 1.165) is 63.2 Å². The summed E-state index contributed by atoms with van der Waals surface area (Å²) in [4.78, 5) is 0. The minimum absolute atomic E-state index is 0.110. The van der Waals surface area contributed by atoms with Gasteiger partial charge in [-0.25, -0.2) is 8.78 Å². The molecule has 0 aliphatic carbocycles. The highest BCUT2D eigenvalue weighted by molar-refractivity contribution is 7.97. The molecule has 3 nitrogen and oxygen atoms in total. The summed E-state index contributed by atoms with van der Waals surface area (Å²) in [6.07, 6.45) is 5.17. The summed E-state index contributed by atoms with van der Waals surface area (Å²) in [5.74, 6) is -0.252. The average Bonchev–Trinajstić information content (AvgIpc) is 2.64. The van der Waals surface area contributed by atoms with Gasteiger partial charge >= 0.3 is 0 Å². The maximum absolute atomic E-state index is 14.5. The first-order valence-corrected chi connectivity index (χ1v) is 9.96. The van der Waals surface area contributed by atoms with Gasteiger partial charge in [-0.2, -0.15) is 0 Å². The van der Waals surface area contributed by atoms with Gasteiger partial charge < -0.3 is 10.1 Å². The molecule has 6 heteroatoms. The molecule has 3 rings (SSSR count). The van der Waals surface area contributed by atoms with E-state index in [2.05, 4.69) is 16.2 Å². The lowest BCUT2D eigenvalue weighted by atomic mass is 9.90. The van der Waals surface area contributed by atoms with Crippen LogP contribution in [0.1, 0.15) is 37.2 Å². The second kappa shape index (κ2) is 9.01. The maximum Gasteiger partial charge on any atom is 0.191 e. The fourth-order valence-electron chi connectivity index (χ4n) is 3.48. The molecule has 138 valence electrons. The van der Waals surface area contributed by atoms with Crippen LogP contribution in [0.5, 0.6) is 5.75 Å². The normalized spacial score (nSPS) is 20.6. The van der Waals surface area contributed by atoms with Crippen LogP contribution in [0.2, 0.25) is 0 Å². The molecule has 2 saturated heterocycles. The van der Waals surface area contributed by atoms with E-state index < -0.39 is 11.6 Å². The Kier molecular flexibility index (Phi) is 6.73. The Labute approximate surface area is 152 Å². The number of nitrogens with one attached hydrogen (secondary N) is 1. The van der Waals surface area contributed by atoms with Crippen molar-refractivity contribution < 1.29 is 13.5 Å². The lowest BCUT2D eigenvalue weighted by molar-refractivity contribution is 0.148. The molecule has 1 N–H and O–H groups in total. The third kappa shape index (κ3) is 4.96. The first kappa shape index (κ1) is 18.7. The standard InChI is InChI=1S/C19H26F2N2OS/c1-2-11-25-23-9-5-14(6-10-23)15-12-17(20)19(18(21)13-15)24-16-3-7-22-8-4-16/h2,12-14,16,22H,1,3-11H2. The van der Waals surface area contributed by atoms with Crippen LogP contribution in [-0.2, 0) is 0 Å². The van der Waals surface area contributed by atoms with Crippen molar-refractivity contribution in [3.8, 4) is 5.75 Å². The number of ether oxygens (including phenoxy) is 1. The minimum Gasteiger partial charge on any atom is -0.484 e. The smallest absolute Gasteiger partial charge is 0.191 e. The van der Waals surface area contributed by atoms with Crippen molar-refractivity contribution in [3.63, 3.8) is 0 Å². The summed E-state index contributed by atoms with van der Waals surface area (Å²) in [7, 11) is 0. The van der Waals surface area contributed by atoms with Crippen molar-refractivity contribution in [2.75, 3.05) is 31.9 Å². The molecule has 25 heavy (non-hydrogen) atoms. The van der Waals surface area contributed by atoms with Gasteiger partial charge in [-0.15, -0.1) is 6.58 Å². The van der Waals surface area contributed by atoms with Crippen LogP contribution in [0.15, 0.2) is 24.8 Å². The SMILES string of the molecule is C=CCSN1CCC(c2cc(F)c(OC3CCNCC3)c(F)c2)CC1. The average molecular weight is 368 g/mol. The number of nitrogens with zero attached hydrogens (tertiary/aromatic N) is 1. The van der Waals surface area contributed by atoms with Gasteiger partial charge in [0.15, 0.2) is 17.4 Å². The third-order valence-corrected chi connectivity index (χ3v) is 6.01. The molecule has 0 unspecified atom stereocenters. The molecule has 2 heterocycles. The van der Waals surface area contributed by atoms with Crippen molar-refractivity contribution in [2.24, 2.45) is 0 Å². The molecule has 2 fully saturated rings. The number of piperidine rings is 2. The molecular formula is C19H26F2N2OS. The molecule has 2 aliphatic heterocycles. The number of hydrogen-bond acceptors (Lipinski definition) is 4. The van der Waals surface area contributed by atoms with Gasteiger partial charge in [-0.05, 0) is 62.4 Å². The second-order valence-electron chi connectivity index (χ2n) is 6.67. The van der Waals surface area contributed by atoms with Crippen LogP contribution >= 0.6 is 11.9 Å². The van der Waals surface area contributed by atoms with E-state index in [0.29, 0.717) is 0 Å². The van der Waals surface area contributed by atoms with Gasteiger partial charge in [0, 0.05) is 18.8 Å². The van der Waals surface area contributed by atoms with E-state index in [-0.39, 0.29) is 17.8 Å². The van der Waals surface area contributed by atoms with E-state index in [9.17, 15) is 8.78 Å². The Morgan fingerprint density at radius 1 is 1.16 bits per heavy atom. The van der Waals surface area contributed by atoms with E-state index >= 15 is 0 Å². The van der Waals surface area contributed by atoms with Crippen molar-refractivity contribution in [1.82, 2.24) is 9.62 Å². The Morgan fingerprint density at radius 2 is 1.80 bits per heavy atom. The van der Waals surface area contributed by atoms with Crippen molar-refractivity contribution in [1.29, 1.82) is 0 Å². The molecule has 0 saturated carbocycles. The Bertz CT molecular complexity index is 562. The topological polar surface area (TPSA) is 24.5 Å². The third-order valence-electron chi connectivity index (χ3n) is 4.89. The first-order valence-electron chi connectivity index (χ1n) is 9.02. The van der Waals surface area contributed by atoms with Gasteiger partial charge in [0.2, 0.25) is 0 Å². The molecule has 0 atom stereocenters. The zero-order valence-electron chi connectivity index (χ0n) is 14.5. The Hall–Kier alpha value is -1.11. The summed E-state index contributed by atoms with van der Waals surface area (Å²) >= 11 is 1.76. The predicted octanol–water partition coefficient (Wildman–Crippen LogP) is 4.11. The summed E-state index contributed by atoms with van der Waals surface area (Å²) in [6, 6.07) is 2.94. The first-order chi connectivity index (χ1) is 12.2. The van der Waals surface area contributed by atoms with E-state index in [1.165, 1.54) is 12.1 Å². The van der Waals surface area contributed by atoms with Crippen molar-refractivity contribution >= 4 is 11.9 Å². The molecule has 0 radical (unpaired) electrons. The van der Waals surface area contributed by atoms with Gasteiger partial charge in [-0.3, -0.25) is 4.31 Å². The Balaban J connectivity index is 1.62. The quantitative estimate of drug-likeness (QED) is 0.603. The van der Waals surface area contributed by atoms with Crippen LogP contribution in [0.3, 0.4) is 0 Å². The van der Waals surface area contributed by atoms with Crippen molar-refractivity contribution in [2.45, 2.75) is 37.7 Å². The van der Waals surface area contributed by atoms with Gasteiger partial charge in [0.25, 0.3) is 0 Å². The van der Waals surface area contributed by atoms with E-state index in [1.807, 2.05) is 6.08 Å². The molecule has 0 aromatic heterocycles. The Morgan fingerprint density at radius 3 is 2.40 bits per heavy atom. The van der Waals surface area contributed by atoms with Crippen LogP contribution in [-0.4, -0.2) is 42.3 Å². The molecule has 0 bridgehead atoms. The van der Waals surface area contributed by atoms with Crippen molar-refractivity contribution in [3.05, 3.63) is 42.0 Å². The molecule has 2 aliphatic rings. The minimum atomic E-state index is -0.572. The number of hydrogen-bond donors (Lipinski definition) is 1. The predicted molar refractivity (Wildman–Crippen MR) is 99.1 cm³/mol. The summed E-state index contributed by atoms with van der Waals surface area (Å²) in [5.41, 5.74) is 0.751. The fourth-order valence-corrected chi connectivity index (χ4v) is 4.27. The summed E-state index contributed by atoms with van der Waals surface area (Å²) in [5, 5.41) is 3.22. The molecular weight excluding hydrogens is 342 g/mol. The number of halogens is 2. The lowest BCUT2D eigenvalue weighted by Crippen LogP contribution is -2.34. The maximum atomic E-state index is 14.5. The van der Waals surface area contributed by atoms with Crippen LogP contribution < -0.4 is 10.1 Å². The summed E-state index contributed by atoms with van der Waals surface area (Å²) in [6.45, 7) is 7.25. The molecule has 1 aromatic carbocycles. The second-order valence-corrected chi connectivity index (χ2v) is 7.78. The molecule has 0 amide bonds. The highest BCUT2D eigenvalue weighted by Gasteiger charge is 2.25. The van der Waals surface area contributed by atoms with Gasteiger partial charge in [0.1, 0.15) is 6.10 Å². The van der Waals surface area contributed by atoms with Crippen LogP contribution in [0.25, 0.3) is 0 Å². The fraction of sp³-hybridized carbons (Fsp3) is 0.579. The molecule has 1 aromatic rings. The monoisotopic (exact) mass is 368 g/mol. The summed E-state index contributed by atoms with van der Waals surface area (Å²) < 4.78 is 36.8. The van der Waals surface area contributed by atoms with Crippen LogP contribution in [0, 0.1) is 11.6 Å². The zero-order chi connectivity index (χ0) is 17.6. The molecule has 0 spiro atoms. The lowest BCUT2D eigenvalue weighted by Gasteiger charge is -2.31. The van der Waals surface area contributed by atoms with E-state index in [1.54, 1.807) is 11.9 Å². The van der Waals surface area contributed by atoms with Gasteiger partial charge in [-0.1, -0.05) is 18.0 Å². The highest BCUT2D eigenvalue weighted by atomic mass is 32.2. The zero-order valence-corrected chi connectivity index (χ0v) is 15.3. The largest absolute Gasteiger partial charge is 0.484 e.